The van der Waals surface area contributed by atoms with Gasteiger partial charge in [-0.1, -0.05) is 12.1 Å². The number of hydrogen-bond acceptors (Lipinski definition) is 8. The monoisotopic (exact) mass is 492 g/mol. The van der Waals surface area contributed by atoms with Gasteiger partial charge in [0.05, 0.1) is 13.7 Å². The first-order chi connectivity index (χ1) is 17.4. The molecule has 11 nitrogen and oxygen atoms in total. The SMILES string of the molecule is COc1cccc(CNC(=O)c2cc(-c3nnn(CC4CCN(C(=O)CCN)CC4)n3)cc(C)n2)c1. The molecule has 2 amide bonds. The molecule has 36 heavy (non-hydrogen) atoms. The van der Waals surface area contributed by atoms with Crippen LogP contribution in [-0.2, 0) is 17.9 Å². The second-order valence-electron chi connectivity index (χ2n) is 8.95. The van der Waals surface area contributed by atoms with Crippen LogP contribution in [0.3, 0.4) is 0 Å². The number of pyridine rings is 1. The molecule has 11 heteroatoms. The number of amides is 2. The smallest absolute Gasteiger partial charge is 0.270 e. The number of nitrogens with zero attached hydrogens (tertiary/aromatic N) is 6. The Morgan fingerprint density at radius 1 is 1.19 bits per heavy atom. The van der Waals surface area contributed by atoms with Crippen molar-refractivity contribution in [2.24, 2.45) is 11.7 Å². The summed E-state index contributed by atoms with van der Waals surface area (Å²) in [5, 5.41) is 15.9. The van der Waals surface area contributed by atoms with Gasteiger partial charge in [-0.05, 0) is 60.7 Å². The summed E-state index contributed by atoms with van der Waals surface area (Å²) < 4.78 is 5.23. The number of tetrazole rings is 1. The number of methoxy groups -OCH3 is 1. The molecule has 4 rings (SSSR count). The number of carbonyl (C=O) groups is 2. The van der Waals surface area contributed by atoms with Crippen LogP contribution < -0.4 is 15.8 Å². The highest BCUT2D eigenvalue weighted by Crippen LogP contribution is 2.21. The molecule has 3 aromatic rings. The van der Waals surface area contributed by atoms with Gasteiger partial charge in [-0.25, -0.2) is 4.98 Å². The molecule has 3 N–H and O–H groups in total. The van der Waals surface area contributed by atoms with Gasteiger partial charge in [0.15, 0.2) is 0 Å². The summed E-state index contributed by atoms with van der Waals surface area (Å²) in [6.45, 7) is 4.64. The van der Waals surface area contributed by atoms with Crippen LogP contribution in [0.15, 0.2) is 36.4 Å². The summed E-state index contributed by atoms with van der Waals surface area (Å²) in [6, 6.07) is 11.0. The van der Waals surface area contributed by atoms with Gasteiger partial charge in [0.2, 0.25) is 11.7 Å². The third kappa shape index (κ3) is 6.42. The molecule has 0 unspecified atom stereocenters. The Hall–Kier alpha value is -3.86. The van der Waals surface area contributed by atoms with Gasteiger partial charge in [0.25, 0.3) is 5.91 Å². The number of aryl methyl sites for hydroxylation is 1. The van der Waals surface area contributed by atoms with E-state index in [1.807, 2.05) is 42.2 Å². The summed E-state index contributed by atoms with van der Waals surface area (Å²) in [6.07, 6.45) is 2.17. The molecule has 1 aliphatic rings. The molecule has 1 saturated heterocycles. The van der Waals surface area contributed by atoms with E-state index in [0.717, 1.165) is 37.2 Å². The Morgan fingerprint density at radius 2 is 2.00 bits per heavy atom. The van der Waals surface area contributed by atoms with Crippen LogP contribution in [0.25, 0.3) is 11.4 Å². The number of likely N-dealkylation sites (tertiary alicyclic amines) is 1. The number of carbonyl (C=O) groups excluding carboxylic acids is 2. The number of aromatic nitrogens is 5. The van der Waals surface area contributed by atoms with Crippen LogP contribution >= 0.6 is 0 Å². The highest BCUT2D eigenvalue weighted by molar-refractivity contribution is 5.93. The van der Waals surface area contributed by atoms with Gasteiger partial charge in [0, 0.05) is 43.9 Å². The van der Waals surface area contributed by atoms with Crippen molar-refractivity contribution >= 4 is 11.8 Å². The molecule has 1 aromatic carbocycles. The summed E-state index contributed by atoms with van der Waals surface area (Å²) in [7, 11) is 1.61. The van der Waals surface area contributed by atoms with Gasteiger partial charge >= 0.3 is 0 Å². The van der Waals surface area contributed by atoms with Gasteiger partial charge < -0.3 is 20.7 Å². The number of rotatable bonds is 9. The number of ether oxygens (including phenoxy) is 1. The van der Waals surface area contributed by atoms with E-state index in [1.54, 1.807) is 18.0 Å². The largest absolute Gasteiger partial charge is 0.497 e. The molecule has 0 aliphatic carbocycles. The maximum absolute atomic E-state index is 12.8. The lowest BCUT2D eigenvalue weighted by Crippen LogP contribution is -2.40. The first kappa shape index (κ1) is 25.2. The van der Waals surface area contributed by atoms with Crippen molar-refractivity contribution in [3.05, 3.63) is 53.3 Å². The average molecular weight is 493 g/mol. The number of piperidine rings is 1. The highest BCUT2D eigenvalue weighted by atomic mass is 16.5. The first-order valence-corrected chi connectivity index (χ1v) is 12.1. The van der Waals surface area contributed by atoms with Crippen molar-refractivity contribution in [2.75, 3.05) is 26.7 Å². The summed E-state index contributed by atoms with van der Waals surface area (Å²) in [4.78, 5) is 32.7. The topological polar surface area (TPSA) is 141 Å². The zero-order valence-corrected chi connectivity index (χ0v) is 20.7. The maximum atomic E-state index is 12.8. The fourth-order valence-electron chi connectivity index (χ4n) is 4.28. The van der Waals surface area contributed by atoms with E-state index in [1.165, 1.54) is 0 Å². The van der Waals surface area contributed by atoms with E-state index in [9.17, 15) is 9.59 Å². The third-order valence-electron chi connectivity index (χ3n) is 6.23. The second kappa shape index (κ2) is 11.7. The predicted molar refractivity (Wildman–Crippen MR) is 133 cm³/mol. The summed E-state index contributed by atoms with van der Waals surface area (Å²) in [5.41, 5.74) is 8.08. The first-order valence-electron chi connectivity index (χ1n) is 12.1. The van der Waals surface area contributed by atoms with E-state index in [-0.39, 0.29) is 11.8 Å². The molecular formula is C25H32N8O3. The molecule has 0 spiro atoms. The standard InChI is InChI=1S/C25H32N8O3/c1-17-12-20(14-22(28-17)25(35)27-15-19-4-3-5-21(13-19)36-2)24-29-31-33(30-24)16-18-7-10-32(11-8-18)23(34)6-9-26/h3-5,12-14,18H,6-11,15-16,26H2,1-2H3,(H,27,35). The molecule has 190 valence electrons. The Labute approximate surface area is 210 Å². The van der Waals surface area contributed by atoms with Crippen LogP contribution in [-0.4, -0.2) is 68.6 Å². The number of hydrogen-bond donors (Lipinski definition) is 2. The van der Waals surface area contributed by atoms with Crippen molar-refractivity contribution in [3.63, 3.8) is 0 Å². The van der Waals surface area contributed by atoms with Crippen LogP contribution in [0.2, 0.25) is 0 Å². The van der Waals surface area contributed by atoms with Crippen molar-refractivity contribution in [1.82, 2.24) is 35.4 Å². The molecule has 1 fully saturated rings. The predicted octanol–water partition coefficient (Wildman–Crippen LogP) is 1.57. The Balaban J connectivity index is 1.37. The summed E-state index contributed by atoms with van der Waals surface area (Å²) >= 11 is 0. The average Bonchev–Trinajstić information content (AvgIpc) is 3.36. The minimum atomic E-state index is -0.286. The molecule has 2 aromatic heterocycles. The van der Waals surface area contributed by atoms with E-state index < -0.39 is 0 Å². The second-order valence-corrected chi connectivity index (χ2v) is 8.95. The molecule has 0 saturated carbocycles. The maximum Gasteiger partial charge on any atom is 0.270 e. The molecule has 0 atom stereocenters. The molecule has 0 bridgehead atoms. The van der Waals surface area contributed by atoms with Crippen LogP contribution in [0.1, 0.15) is 41.0 Å². The van der Waals surface area contributed by atoms with Crippen molar-refractivity contribution < 1.29 is 14.3 Å². The zero-order valence-electron chi connectivity index (χ0n) is 20.7. The van der Waals surface area contributed by atoms with Crippen LogP contribution in [0.4, 0.5) is 0 Å². The summed E-state index contributed by atoms with van der Waals surface area (Å²) in [5.74, 6) is 1.38. The van der Waals surface area contributed by atoms with E-state index in [2.05, 4.69) is 25.7 Å². The van der Waals surface area contributed by atoms with Crippen LogP contribution in [0.5, 0.6) is 5.75 Å². The molecule has 1 aliphatic heterocycles. The number of nitrogens with two attached hydrogens (primary N) is 1. The van der Waals surface area contributed by atoms with Crippen LogP contribution in [0, 0.1) is 12.8 Å². The minimum Gasteiger partial charge on any atom is -0.497 e. The van der Waals surface area contributed by atoms with Gasteiger partial charge in [-0.15, -0.1) is 10.2 Å². The Bertz CT molecular complexity index is 1200. The van der Waals surface area contributed by atoms with Crippen molar-refractivity contribution in [3.8, 4) is 17.1 Å². The molecule has 3 heterocycles. The lowest BCUT2D eigenvalue weighted by Gasteiger charge is -2.31. The fourth-order valence-corrected chi connectivity index (χ4v) is 4.28. The van der Waals surface area contributed by atoms with E-state index >= 15 is 0 Å². The Morgan fingerprint density at radius 3 is 2.75 bits per heavy atom. The van der Waals surface area contributed by atoms with Gasteiger partial charge in [-0.2, -0.15) is 4.80 Å². The Kier molecular flexibility index (Phi) is 8.21. The lowest BCUT2D eigenvalue weighted by molar-refractivity contribution is -0.132. The normalized spacial score (nSPS) is 14.0. The lowest BCUT2D eigenvalue weighted by atomic mass is 9.97. The zero-order chi connectivity index (χ0) is 25.5. The number of benzene rings is 1. The fraction of sp³-hybridized carbons (Fsp3) is 0.440. The molecule has 0 radical (unpaired) electrons. The quantitative estimate of drug-likeness (QED) is 0.459. The van der Waals surface area contributed by atoms with E-state index in [0.29, 0.717) is 54.7 Å². The van der Waals surface area contributed by atoms with Gasteiger partial charge in [0.1, 0.15) is 11.4 Å². The van der Waals surface area contributed by atoms with E-state index in [4.69, 9.17) is 10.5 Å². The number of nitrogens with one attached hydrogen (secondary N) is 1. The van der Waals surface area contributed by atoms with Crippen molar-refractivity contribution in [1.29, 1.82) is 0 Å². The van der Waals surface area contributed by atoms with Gasteiger partial charge in [-0.3, -0.25) is 9.59 Å². The third-order valence-corrected chi connectivity index (χ3v) is 6.23. The highest BCUT2D eigenvalue weighted by Gasteiger charge is 2.23. The van der Waals surface area contributed by atoms with Crippen molar-refractivity contribution in [2.45, 2.75) is 39.3 Å². The molecular weight excluding hydrogens is 460 g/mol. The minimum absolute atomic E-state index is 0.119.